The van der Waals surface area contributed by atoms with Crippen LogP contribution in [0, 0.1) is 11.8 Å². The van der Waals surface area contributed by atoms with E-state index in [1.54, 1.807) is 4.90 Å². The molecule has 0 aromatic carbocycles. The lowest BCUT2D eigenvalue weighted by Gasteiger charge is -2.26. The van der Waals surface area contributed by atoms with Crippen molar-refractivity contribution in [3.63, 3.8) is 0 Å². The Bertz CT molecular complexity index is 254. The molecule has 2 atom stereocenters. The fraction of sp³-hybridized carbons (Fsp3) is 0.909. The van der Waals surface area contributed by atoms with Crippen LogP contribution in [-0.4, -0.2) is 43.4 Å². The molecule has 3 nitrogen and oxygen atoms in total. The molecule has 92 valence electrons. The summed E-state index contributed by atoms with van der Waals surface area (Å²) in [7, 11) is 0. The van der Waals surface area contributed by atoms with E-state index in [0.717, 1.165) is 19.4 Å². The van der Waals surface area contributed by atoms with Crippen LogP contribution in [0.15, 0.2) is 0 Å². The highest BCUT2D eigenvalue weighted by atomic mass is 19.3. The van der Waals surface area contributed by atoms with Crippen molar-refractivity contribution in [3.8, 4) is 0 Å². The first-order chi connectivity index (χ1) is 7.68. The van der Waals surface area contributed by atoms with Gasteiger partial charge in [0.2, 0.25) is 12.3 Å². The van der Waals surface area contributed by atoms with Crippen LogP contribution in [0.4, 0.5) is 8.78 Å². The quantitative estimate of drug-likeness (QED) is 0.773. The molecule has 1 amide bonds. The third kappa shape index (κ3) is 2.51. The summed E-state index contributed by atoms with van der Waals surface area (Å²) in [5.74, 6) is -0.541. The van der Waals surface area contributed by atoms with E-state index in [0.29, 0.717) is 19.5 Å². The van der Waals surface area contributed by atoms with Gasteiger partial charge in [-0.3, -0.25) is 4.79 Å². The Labute approximate surface area is 94.2 Å². The molecule has 1 N–H and O–H groups in total. The van der Waals surface area contributed by atoms with E-state index in [-0.39, 0.29) is 18.4 Å². The standard InChI is InChI=1S/C11H18F2N2O/c12-10(13)9-3-5-15(7-9)11(16)8-2-1-4-14-6-8/h8-10,14H,1-7H2/t8-,9+/m1/s1. The molecule has 0 bridgehead atoms. The largest absolute Gasteiger partial charge is 0.342 e. The molecule has 0 aromatic heterocycles. The molecule has 2 saturated heterocycles. The third-order valence-corrected chi connectivity index (χ3v) is 3.54. The summed E-state index contributed by atoms with van der Waals surface area (Å²) < 4.78 is 24.9. The fourth-order valence-corrected chi connectivity index (χ4v) is 2.51. The summed E-state index contributed by atoms with van der Waals surface area (Å²) in [6.07, 6.45) is 0.0515. The highest BCUT2D eigenvalue weighted by Crippen LogP contribution is 2.25. The van der Waals surface area contributed by atoms with Gasteiger partial charge in [-0.2, -0.15) is 0 Å². The SMILES string of the molecule is O=C([C@@H]1CCCNC1)N1CC[C@H](C(F)F)C1. The number of carbonyl (C=O) groups is 1. The minimum Gasteiger partial charge on any atom is -0.342 e. The Hall–Kier alpha value is -0.710. The van der Waals surface area contributed by atoms with Crippen LogP contribution in [0.5, 0.6) is 0 Å². The summed E-state index contributed by atoms with van der Waals surface area (Å²) in [5.41, 5.74) is 0. The average Bonchev–Trinajstić information content (AvgIpc) is 2.78. The monoisotopic (exact) mass is 232 g/mol. The minimum absolute atomic E-state index is 0.00479. The molecule has 5 heteroatoms. The van der Waals surface area contributed by atoms with Gasteiger partial charge in [-0.1, -0.05) is 0 Å². The molecule has 0 saturated carbocycles. The molecule has 0 aliphatic carbocycles. The zero-order valence-electron chi connectivity index (χ0n) is 9.29. The van der Waals surface area contributed by atoms with E-state index in [1.165, 1.54) is 0 Å². The molecule has 0 unspecified atom stereocenters. The van der Waals surface area contributed by atoms with Crippen molar-refractivity contribution in [1.82, 2.24) is 10.2 Å². The summed E-state index contributed by atoms with van der Waals surface area (Å²) in [6, 6.07) is 0. The first-order valence-corrected chi connectivity index (χ1v) is 5.96. The fourth-order valence-electron chi connectivity index (χ4n) is 2.51. The number of amides is 1. The Balaban J connectivity index is 1.86. The van der Waals surface area contributed by atoms with Crippen molar-refractivity contribution < 1.29 is 13.6 Å². The lowest BCUT2D eigenvalue weighted by Crippen LogP contribution is -2.42. The predicted octanol–water partition coefficient (Wildman–Crippen LogP) is 1.10. The zero-order valence-corrected chi connectivity index (χ0v) is 9.29. The van der Waals surface area contributed by atoms with Gasteiger partial charge in [0.05, 0.1) is 5.92 Å². The Morgan fingerprint density at radius 3 is 2.75 bits per heavy atom. The number of hydrogen-bond donors (Lipinski definition) is 1. The van der Waals surface area contributed by atoms with Crippen LogP contribution in [-0.2, 0) is 4.79 Å². The van der Waals surface area contributed by atoms with Crippen LogP contribution < -0.4 is 5.32 Å². The molecule has 2 aliphatic heterocycles. The molecule has 0 aromatic rings. The second-order valence-electron chi connectivity index (χ2n) is 4.71. The summed E-state index contributed by atoms with van der Waals surface area (Å²) in [4.78, 5) is 13.6. The highest BCUT2D eigenvalue weighted by Gasteiger charge is 2.34. The summed E-state index contributed by atoms with van der Waals surface area (Å²) in [6.45, 7) is 2.41. The van der Waals surface area contributed by atoms with E-state index in [1.807, 2.05) is 0 Å². The minimum atomic E-state index is -2.29. The molecule has 0 spiro atoms. The lowest BCUT2D eigenvalue weighted by molar-refractivity contribution is -0.135. The highest BCUT2D eigenvalue weighted by molar-refractivity contribution is 5.79. The Kier molecular flexibility index (Phi) is 3.74. The number of piperidine rings is 1. The van der Waals surface area contributed by atoms with Crippen molar-refractivity contribution in [2.24, 2.45) is 11.8 Å². The van der Waals surface area contributed by atoms with Gasteiger partial charge in [-0.05, 0) is 25.8 Å². The molecule has 0 radical (unpaired) electrons. The van der Waals surface area contributed by atoms with Gasteiger partial charge in [0.15, 0.2) is 0 Å². The Morgan fingerprint density at radius 1 is 1.38 bits per heavy atom. The molecular weight excluding hydrogens is 214 g/mol. The summed E-state index contributed by atoms with van der Waals surface area (Å²) >= 11 is 0. The number of nitrogens with zero attached hydrogens (tertiary/aromatic N) is 1. The molecular formula is C11H18F2N2O. The van der Waals surface area contributed by atoms with Gasteiger partial charge < -0.3 is 10.2 Å². The first kappa shape index (κ1) is 11.8. The predicted molar refractivity (Wildman–Crippen MR) is 56.3 cm³/mol. The molecule has 2 rings (SSSR count). The van der Waals surface area contributed by atoms with Gasteiger partial charge in [0.25, 0.3) is 0 Å². The van der Waals surface area contributed by atoms with Gasteiger partial charge in [-0.25, -0.2) is 8.78 Å². The van der Waals surface area contributed by atoms with Gasteiger partial charge in [0.1, 0.15) is 0 Å². The van der Waals surface area contributed by atoms with Gasteiger partial charge >= 0.3 is 0 Å². The third-order valence-electron chi connectivity index (χ3n) is 3.54. The van der Waals surface area contributed by atoms with Crippen LogP contribution >= 0.6 is 0 Å². The van der Waals surface area contributed by atoms with Crippen molar-refractivity contribution in [2.75, 3.05) is 26.2 Å². The molecule has 2 heterocycles. The first-order valence-electron chi connectivity index (χ1n) is 5.96. The smallest absolute Gasteiger partial charge is 0.243 e. The molecule has 2 fully saturated rings. The van der Waals surface area contributed by atoms with Gasteiger partial charge in [-0.15, -0.1) is 0 Å². The number of nitrogens with one attached hydrogen (secondary N) is 1. The van der Waals surface area contributed by atoms with E-state index in [4.69, 9.17) is 0 Å². The number of likely N-dealkylation sites (tertiary alicyclic amines) is 1. The Morgan fingerprint density at radius 2 is 2.19 bits per heavy atom. The van der Waals surface area contributed by atoms with Crippen molar-refractivity contribution in [2.45, 2.75) is 25.7 Å². The van der Waals surface area contributed by atoms with Gasteiger partial charge in [0, 0.05) is 25.6 Å². The number of alkyl halides is 2. The number of rotatable bonds is 2. The van der Waals surface area contributed by atoms with E-state index in [2.05, 4.69) is 5.32 Å². The topological polar surface area (TPSA) is 32.3 Å². The maximum Gasteiger partial charge on any atom is 0.243 e. The number of carbonyl (C=O) groups excluding carboxylic acids is 1. The zero-order chi connectivity index (χ0) is 11.5. The van der Waals surface area contributed by atoms with Crippen LogP contribution in [0.3, 0.4) is 0 Å². The maximum atomic E-state index is 12.5. The van der Waals surface area contributed by atoms with Crippen LogP contribution in [0.25, 0.3) is 0 Å². The summed E-state index contributed by atoms with van der Waals surface area (Å²) in [5, 5.41) is 3.18. The normalized spacial score (nSPS) is 31.1. The average molecular weight is 232 g/mol. The van der Waals surface area contributed by atoms with E-state index >= 15 is 0 Å². The van der Waals surface area contributed by atoms with E-state index < -0.39 is 12.3 Å². The number of hydrogen-bond acceptors (Lipinski definition) is 2. The second-order valence-corrected chi connectivity index (χ2v) is 4.71. The second kappa shape index (κ2) is 5.08. The van der Waals surface area contributed by atoms with Crippen molar-refractivity contribution >= 4 is 5.91 Å². The van der Waals surface area contributed by atoms with Crippen LogP contribution in [0.2, 0.25) is 0 Å². The lowest BCUT2D eigenvalue weighted by atomic mass is 9.98. The molecule has 16 heavy (non-hydrogen) atoms. The van der Waals surface area contributed by atoms with Crippen molar-refractivity contribution in [3.05, 3.63) is 0 Å². The van der Waals surface area contributed by atoms with E-state index in [9.17, 15) is 13.6 Å². The molecule has 2 aliphatic rings. The van der Waals surface area contributed by atoms with Crippen LogP contribution in [0.1, 0.15) is 19.3 Å². The number of halogens is 2. The van der Waals surface area contributed by atoms with Crippen molar-refractivity contribution in [1.29, 1.82) is 0 Å². The maximum absolute atomic E-state index is 12.5.